The zero-order valence-electron chi connectivity index (χ0n) is 16.6. The molecule has 146 valence electrons. The van der Waals surface area contributed by atoms with Gasteiger partial charge >= 0.3 is 0 Å². The Morgan fingerprint density at radius 1 is 1.07 bits per heavy atom. The summed E-state index contributed by atoms with van der Waals surface area (Å²) in [5.41, 5.74) is 5.88. The molecule has 0 radical (unpaired) electrons. The van der Waals surface area contributed by atoms with Crippen molar-refractivity contribution < 1.29 is 9.73 Å². The van der Waals surface area contributed by atoms with E-state index in [-0.39, 0.29) is 16.7 Å². The molecule has 0 aromatic heterocycles. The number of fused-ring (bicyclic) bond motifs is 3. The molecule has 0 N–H and O–H groups in total. The van der Waals surface area contributed by atoms with Crippen LogP contribution in [0.15, 0.2) is 41.6 Å². The lowest BCUT2D eigenvalue weighted by atomic mass is 9.99. The standard InChI is InChI=1S/C21H23BrN4O2/c1-12(2)19(22)21(27)24-16-8-6-7-9-17(16)26-25(24)20(23-28-26)18-14(4)10-13(3)11-15(18)5/h6-12,19H,1-5H3/t19-/m0/s1. The van der Waals surface area contributed by atoms with Crippen LogP contribution in [0.3, 0.4) is 0 Å². The van der Waals surface area contributed by atoms with Gasteiger partial charge in [-0.2, -0.15) is 5.01 Å². The first-order valence-electron chi connectivity index (χ1n) is 9.31. The molecule has 2 aliphatic heterocycles. The van der Waals surface area contributed by atoms with E-state index in [1.54, 1.807) is 15.3 Å². The molecule has 1 atom stereocenters. The summed E-state index contributed by atoms with van der Waals surface area (Å²) in [6.45, 7) is 10.2. The van der Waals surface area contributed by atoms with Gasteiger partial charge in [-0.1, -0.05) is 64.8 Å². The zero-order valence-corrected chi connectivity index (χ0v) is 18.2. The van der Waals surface area contributed by atoms with Crippen LogP contribution >= 0.6 is 15.9 Å². The van der Waals surface area contributed by atoms with Gasteiger partial charge in [0.1, 0.15) is 5.69 Å². The highest BCUT2D eigenvalue weighted by atomic mass is 79.9. The molecule has 4 rings (SSSR count). The van der Waals surface area contributed by atoms with Crippen LogP contribution in [0.25, 0.3) is 0 Å². The van der Waals surface area contributed by atoms with Crippen LogP contribution in [0, 0.1) is 26.7 Å². The summed E-state index contributed by atoms with van der Waals surface area (Å²) in [5.74, 6) is 0.675. The van der Waals surface area contributed by atoms with Crippen molar-refractivity contribution >= 4 is 39.0 Å². The molecule has 2 aromatic carbocycles. The molecule has 0 saturated heterocycles. The largest absolute Gasteiger partial charge is 0.271 e. The zero-order chi connectivity index (χ0) is 20.2. The number of rotatable bonds is 3. The predicted octanol–water partition coefficient (Wildman–Crippen LogP) is 4.62. The number of aryl methyl sites for hydroxylation is 3. The van der Waals surface area contributed by atoms with Crippen molar-refractivity contribution in [1.29, 1.82) is 0 Å². The first-order chi connectivity index (χ1) is 13.3. The second kappa shape index (κ2) is 6.81. The Balaban J connectivity index is 1.84. The van der Waals surface area contributed by atoms with Crippen LogP contribution in [0.1, 0.15) is 36.1 Å². The van der Waals surface area contributed by atoms with Gasteiger partial charge in [-0.25, -0.2) is 4.94 Å². The number of alkyl halides is 1. The summed E-state index contributed by atoms with van der Waals surface area (Å²) >= 11 is 3.56. The normalized spacial score (nSPS) is 16.1. The molecule has 1 amide bonds. The molecule has 0 unspecified atom stereocenters. The smallest absolute Gasteiger partial charge is 0.261 e. The van der Waals surface area contributed by atoms with Crippen molar-refractivity contribution in [2.75, 3.05) is 10.2 Å². The van der Waals surface area contributed by atoms with Crippen LogP contribution in [-0.4, -0.2) is 21.7 Å². The first-order valence-corrected chi connectivity index (χ1v) is 10.2. The highest BCUT2D eigenvalue weighted by Gasteiger charge is 2.48. The van der Waals surface area contributed by atoms with E-state index in [0.29, 0.717) is 5.84 Å². The number of benzene rings is 2. The van der Waals surface area contributed by atoms with Crippen molar-refractivity contribution in [1.82, 2.24) is 5.12 Å². The number of amides is 1. The SMILES string of the molecule is Cc1cc(C)c(C2=NON3c4ccccc4N(C(=O)[C@@H](Br)C(C)C)N23)c(C)c1. The lowest BCUT2D eigenvalue weighted by Gasteiger charge is -2.31. The summed E-state index contributed by atoms with van der Waals surface area (Å²) in [6, 6.07) is 11.9. The van der Waals surface area contributed by atoms with Gasteiger partial charge in [0.25, 0.3) is 5.91 Å². The Kier molecular flexibility index (Phi) is 4.57. The number of nitrogens with zero attached hydrogens (tertiary/aromatic N) is 4. The molecule has 2 aliphatic rings. The van der Waals surface area contributed by atoms with Crippen LogP contribution in [0.5, 0.6) is 0 Å². The number of para-hydroxylation sites is 2. The number of hydrogen-bond donors (Lipinski definition) is 0. The molecule has 28 heavy (non-hydrogen) atoms. The van der Waals surface area contributed by atoms with E-state index < -0.39 is 0 Å². The van der Waals surface area contributed by atoms with Crippen molar-refractivity contribution in [3.63, 3.8) is 0 Å². The Hall–Kier alpha value is -2.54. The number of hydrogen-bond acceptors (Lipinski definition) is 5. The minimum Gasteiger partial charge on any atom is -0.271 e. The van der Waals surface area contributed by atoms with Gasteiger partial charge in [-0.15, -0.1) is 5.12 Å². The monoisotopic (exact) mass is 442 g/mol. The topological polar surface area (TPSA) is 48.4 Å². The van der Waals surface area contributed by atoms with Gasteiger partial charge in [0.2, 0.25) is 5.84 Å². The van der Waals surface area contributed by atoms with Gasteiger partial charge < -0.3 is 0 Å². The van der Waals surface area contributed by atoms with Crippen molar-refractivity contribution in [3.8, 4) is 0 Å². The molecule has 0 aliphatic carbocycles. The fourth-order valence-corrected chi connectivity index (χ4v) is 3.95. The van der Waals surface area contributed by atoms with Crippen LogP contribution in [0.2, 0.25) is 0 Å². The Labute approximate surface area is 173 Å². The molecule has 0 bridgehead atoms. The van der Waals surface area contributed by atoms with Gasteiger partial charge in [-0.05, 0) is 55.1 Å². The minimum absolute atomic E-state index is 0.0643. The predicted molar refractivity (Wildman–Crippen MR) is 114 cm³/mol. The first kappa shape index (κ1) is 18.8. The third-order valence-electron chi connectivity index (χ3n) is 5.00. The third-order valence-corrected chi connectivity index (χ3v) is 6.45. The van der Waals surface area contributed by atoms with E-state index in [2.05, 4.69) is 54.0 Å². The average Bonchev–Trinajstić information content (AvgIpc) is 3.18. The van der Waals surface area contributed by atoms with Crippen molar-refractivity contribution in [3.05, 3.63) is 58.7 Å². The Bertz CT molecular complexity index is 965. The van der Waals surface area contributed by atoms with E-state index >= 15 is 0 Å². The van der Waals surface area contributed by atoms with Gasteiger partial charge in [0, 0.05) is 5.56 Å². The maximum absolute atomic E-state index is 13.4. The van der Waals surface area contributed by atoms with E-state index in [0.717, 1.165) is 28.1 Å². The van der Waals surface area contributed by atoms with Crippen molar-refractivity contribution in [2.24, 2.45) is 11.1 Å². The Morgan fingerprint density at radius 3 is 2.29 bits per heavy atom. The highest BCUT2D eigenvalue weighted by molar-refractivity contribution is 9.10. The molecule has 0 spiro atoms. The fourth-order valence-electron chi connectivity index (χ4n) is 3.76. The summed E-state index contributed by atoms with van der Waals surface area (Å²) < 4.78 is 0. The average molecular weight is 443 g/mol. The molecule has 2 aromatic rings. The summed E-state index contributed by atoms with van der Waals surface area (Å²) in [7, 11) is 0. The van der Waals surface area contributed by atoms with E-state index in [1.807, 2.05) is 38.1 Å². The highest BCUT2D eigenvalue weighted by Crippen LogP contribution is 2.43. The van der Waals surface area contributed by atoms with E-state index in [1.165, 1.54) is 5.56 Å². The molecule has 6 nitrogen and oxygen atoms in total. The van der Waals surface area contributed by atoms with Crippen LogP contribution in [-0.2, 0) is 9.73 Å². The third kappa shape index (κ3) is 2.76. The summed E-state index contributed by atoms with van der Waals surface area (Å²) in [4.78, 5) is 18.7. The second-order valence-electron chi connectivity index (χ2n) is 7.62. The number of amidine groups is 1. The summed E-state index contributed by atoms with van der Waals surface area (Å²) in [5, 5.41) is 9.29. The van der Waals surface area contributed by atoms with E-state index in [4.69, 9.17) is 4.94 Å². The second-order valence-corrected chi connectivity index (χ2v) is 8.60. The maximum Gasteiger partial charge on any atom is 0.261 e. The molecule has 7 heteroatoms. The fraction of sp³-hybridized carbons (Fsp3) is 0.333. The van der Waals surface area contributed by atoms with E-state index in [9.17, 15) is 4.79 Å². The van der Waals surface area contributed by atoms with Gasteiger partial charge in [0.05, 0.1) is 10.5 Å². The molecular weight excluding hydrogens is 420 g/mol. The Morgan fingerprint density at radius 2 is 1.68 bits per heavy atom. The minimum atomic E-state index is -0.331. The van der Waals surface area contributed by atoms with Crippen LogP contribution < -0.4 is 10.2 Å². The molecule has 0 fully saturated rings. The molecular formula is C21H23BrN4O2. The van der Waals surface area contributed by atoms with Crippen LogP contribution in [0.4, 0.5) is 11.4 Å². The quantitative estimate of drug-likeness (QED) is 0.650. The van der Waals surface area contributed by atoms with Crippen molar-refractivity contribution in [2.45, 2.75) is 39.4 Å². The molecule has 0 saturated carbocycles. The number of carbonyl (C=O) groups excluding carboxylic acids is 1. The number of carbonyl (C=O) groups is 1. The number of halogens is 1. The summed E-state index contributed by atoms with van der Waals surface area (Å²) in [6.07, 6.45) is 0. The number of anilines is 2. The van der Waals surface area contributed by atoms with Gasteiger partial charge in [0.15, 0.2) is 0 Å². The molecule has 2 heterocycles. The van der Waals surface area contributed by atoms with Gasteiger partial charge in [-0.3, -0.25) is 4.79 Å². The number of oxime groups is 1. The maximum atomic E-state index is 13.4. The lowest BCUT2D eigenvalue weighted by molar-refractivity contribution is -0.121. The lowest BCUT2D eigenvalue weighted by Crippen LogP contribution is -2.54. The number of hydrazine groups is 2.